The van der Waals surface area contributed by atoms with E-state index in [1.807, 2.05) is 17.7 Å². The van der Waals surface area contributed by atoms with Gasteiger partial charge in [0.15, 0.2) is 0 Å². The molecule has 0 saturated carbocycles. The number of aryl methyl sites for hydroxylation is 1. The second-order valence-corrected chi connectivity index (χ2v) is 9.71. The van der Waals surface area contributed by atoms with Crippen LogP contribution in [0, 0.1) is 0 Å². The molecule has 3 heterocycles. The SMILES string of the molecule is CCOC(=O)c1c(CS(=O)Cc2ccoc2)n(C)c2ccc(O)c(CN3CCCCC3)c12. The Bertz CT molecular complexity index is 1110. The summed E-state index contributed by atoms with van der Waals surface area (Å²) in [5.74, 6) is 0.268. The summed E-state index contributed by atoms with van der Waals surface area (Å²) in [6, 6.07) is 5.29. The van der Waals surface area contributed by atoms with Crippen molar-refractivity contribution in [2.45, 2.75) is 44.2 Å². The van der Waals surface area contributed by atoms with E-state index < -0.39 is 16.8 Å². The van der Waals surface area contributed by atoms with Gasteiger partial charge in [0, 0.05) is 52.1 Å². The number of likely N-dealkylation sites (tertiary alicyclic amines) is 1. The highest BCUT2D eigenvalue weighted by molar-refractivity contribution is 7.83. The Kier molecular flexibility index (Phi) is 7.01. The number of carbonyl (C=O) groups excluding carboxylic acids is 1. The summed E-state index contributed by atoms with van der Waals surface area (Å²) in [5, 5.41) is 11.5. The van der Waals surface area contributed by atoms with Gasteiger partial charge in [0.25, 0.3) is 0 Å². The molecule has 32 heavy (non-hydrogen) atoms. The van der Waals surface area contributed by atoms with E-state index in [9.17, 15) is 14.1 Å². The van der Waals surface area contributed by atoms with Crippen LogP contribution in [0.1, 0.15) is 53.4 Å². The van der Waals surface area contributed by atoms with E-state index in [2.05, 4.69) is 4.90 Å². The Morgan fingerprint density at radius 3 is 2.66 bits per heavy atom. The van der Waals surface area contributed by atoms with Crippen LogP contribution >= 0.6 is 0 Å². The second-order valence-electron chi connectivity index (χ2n) is 8.26. The smallest absolute Gasteiger partial charge is 0.340 e. The van der Waals surface area contributed by atoms with Crippen LogP contribution in [-0.2, 0) is 40.6 Å². The van der Waals surface area contributed by atoms with Crippen LogP contribution in [0.5, 0.6) is 5.75 Å². The zero-order valence-electron chi connectivity index (χ0n) is 18.6. The molecule has 1 saturated heterocycles. The number of phenols is 1. The van der Waals surface area contributed by atoms with Crippen LogP contribution in [0.2, 0.25) is 0 Å². The lowest BCUT2D eigenvalue weighted by atomic mass is 10.0. The number of rotatable bonds is 8. The predicted octanol–water partition coefficient (Wildman–Crippen LogP) is 4.09. The molecule has 172 valence electrons. The van der Waals surface area contributed by atoms with Crippen LogP contribution in [0.15, 0.2) is 35.1 Å². The van der Waals surface area contributed by atoms with Crippen LogP contribution in [0.3, 0.4) is 0 Å². The van der Waals surface area contributed by atoms with Gasteiger partial charge in [-0.1, -0.05) is 6.42 Å². The summed E-state index contributed by atoms with van der Waals surface area (Å²) in [7, 11) is 0.624. The maximum Gasteiger partial charge on any atom is 0.340 e. The normalized spacial score (nSPS) is 15.8. The number of hydrogen-bond acceptors (Lipinski definition) is 6. The monoisotopic (exact) mass is 458 g/mol. The molecular formula is C24H30N2O5S. The third-order valence-corrected chi connectivity index (χ3v) is 7.34. The van der Waals surface area contributed by atoms with E-state index >= 15 is 0 Å². The molecule has 0 spiro atoms. The lowest BCUT2D eigenvalue weighted by Gasteiger charge is -2.27. The van der Waals surface area contributed by atoms with Crippen LogP contribution in [0.4, 0.5) is 0 Å². The van der Waals surface area contributed by atoms with Gasteiger partial charge in [0.2, 0.25) is 0 Å². The Morgan fingerprint density at radius 2 is 1.97 bits per heavy atom. The number of nitrogens with zero attached hydrogens (tertiary/aromatic N) is 2. The Hall–Kier alpha value is -2.58. The van der Waals surface area contributed by atoms with E-state index in [1.165, 1.54) is 6.42 Å². The first kappa shape index (κ1) is 22.6. The highest BCUT2D eigenvalue weighted by Crippen LogP contribution is 2.36. The number of aromatic nitrogens is 1. The largest absolute Gasteiger partial charge is 0.508 e. The lowest BCUT2D eigenvalue weighted by Crippen LogP contribution is -2.29. The molecule has 1 N–H and O–H groups in total. The Labute approximate surface area is 190 Å². The number of aromatic hydroxyl groups is 1. The van der Waals surface area contributed by atoms with Crippen molar-refractivity contribution in [2.75, 3.05) is 19.7 Å². The van der Waals surface area contributed by atoms with Crippen LogP contribution in [0.25, 0.3) is 10.9 Å². The van der Waals surface area contributed by atoms with Gasteiger partial charge in [0.1, 0.15) is 5.75 Å². The minimum Gasteiger partial charge on any atom is -0.508 e. The van der Waals surface area contributed by atoms with Crippen molar-refractivity contribution in [3.05, 3.63) is 53.1 Å². The van der Waals surface area contributed by atoms with Crippen molar-refractivity contribution >= 4 is 27.7 Å². The lowest BCUT2D eigenvalue weighted by molar-refractivity contribution is 0.0527. The molecule has 0 aliphatic carbocycles. The summed E-state index contributed by atoms with van der Waals surface area (Å²) in [4.78, 5) is 15.4. The van der Waals surface area contributed by atoms with Crippen molar-refractivity contribution in [2.24, 2.45) is 7.05 Å². The topological polar surface area (TPSA) is 84.9 Å². The first-order valence-electron chi connectivity index (χ1n) is 11.1. The summed E-state index contributed by atoms with van der Waals surface area (Å²) in [6.07, 6.45) is 6.63. The number of esters is 1. The van der Waals surface area contributed by atoms with Crippen LogP contribution < -0.4 is 0 Å². The Balaban J connectivity index is 1.79. The second kappa shape index (κ2) is 9.92. The van der Waals surface area contributed by atoms with Crippen LogP contribution in [-0.4, -0.2) is 44.4 Å². The van der Waals surface area contributed by atoms with Crippen molar-refractivity contribution in [1.29, 1.82) is 0 Å². The fourth-order valence-electron chi connectivity index (χ4n) is 4.50. The molecule has 4 rings (SSSR count). The molecule has 3 aromatic rings. The molecule has 1 atom stereocenters. The van der Waals surface area contributed by atoms with Gasteiger partial charge in [0.05, 0.1) is 36.2 Å². The molecule has 2 aromatic heterocycles. The van der Waals surface area contributed by atoms with E-state index in [4.69, 9.17) is 9.15 Å². The molecule has 7 nitrogen and oxygen atoms in total. The van der Waals surface area contributed by atoms with Crippen molar-refractivity contribution in [3.63, 3.8) is 0 Å². The van der Waals surface area contributed by atoms with Crippen molar-refractivity contribution in [3.8, 4) is 5.75 Å². The fourth-order valence-corrected chi connectivity index (χ4v) is 5.78. The average Bonchev–Trinajstić information content (AvgIpc) is 3.38. The summed E-state index contributed by atoms with van der Waals surface area (Å²) in [6.45, 7) is 4.52. The summed E-state index contributed by atoms with van der Waals surface area (Å²) < 4.78 is 25.4. The maximum atomic E-state index is 13.1. The van der Waals surface area contributed by atoms with Gasteiger partial charge in [-0.15, -0.1) is 0 Å². The zero-order chi connectivity index (χ0) is 22.7. The van der Waals surface area contributed by atoms with Crippen molar-refractivity contribution < 1.29 is 23.3 Å². The van der Waals surface area contributed by atoms with E-state index in [0.717, 1.165) is 42.6 Å². The predicted molar refractivity (Wildman–Crippen MR) is 124 cm³/mol. The molecule has 0 bridgehead atoms. The quantitative estimate of drug-likeness (QED) is 0.512. The minimum absolute atomic E-state index is 0.172. The van der Waals surface area contributed by atoms with Gasteiger partial charge in [-0.3, -0.25) is 9.11 Å². The van der Waals surface area contributed by atoms with Gasteiger partial charge in [-0.25, -0.2) is 4.79 Å². The molecule has 1 fully saturated rings. The van der Waals surface area contributed by atoms with E-state index in [0.29, 0.717) is 28.9 Å². The number of furan rings is 1. The molecule has 0 radical (unpaired) electrons. The summed E-state index contributed by atoms with van der Waals surface area (Å²) >= 11 is 0. The number of benzene rings is 1. The third kappa shape index (κ3) is 4.61. The number of piperidine rings is 1. The standard InChI is InChI=1S/C24H30N2O5S/c1-3-31-24(28)23-20(16-32(29)15-17-9-12-30-14-17)25(2)19-7-8-21(27)18(22(19)23)13-26-10-5-4-6-11-26/h7-9,12,14,27H,3-6,10-11,13,15-16H2,1-2H3. The van der Waals surface area contributed by atoms with Gasteiger partial charge in [-0.05, 0) is 51.1 Å². The summed E-state index contributed by atoms with van der Waals surface area (Å²) in [5.41, 5.74) is 3.48. The van der Waals surface area contributed by atoms with Gasteiger partial charge >= 0.3 is 5.97 Å². The number of ether oxygens (including phenoxy) is 1. The molecular weight excluding hydrogens is 428 g/mol. The maximum absolute atomic E-state index is 13.1. The first-order valence-corrected chi connectivity index (χ1v) is 12.6. The first-order chi connectivity index (χ1) is 15.5. The zero-order valence-corrected chi connectivity index (χ0v) is 19.5. The number of hydrogen-bond donors (Lipinski definition) is 1. The van der Waals surface area contributed by atoms with Crippen molar-refractivity contribution in [1.82, 2.24) is 9.47 Å². The molecule has 1 aliphatic heterocycles. The molecule has 1 unspecified atom stereocenters. The van der Waals surface area contributed by atoms with E-state index in [-0.39, 0.29) is 18.1 Å². The fraction of sp³-hybridized carbons (Fsp3) is 0.458. The molecule has 1 aliphatic rings. The molecule has 8 heteroatoms. The Morgan fingerprint density at radius 1 is 1.19 bits per heavy atom. The highest BCUT2D eigenvalue weighted by atomic mass is 32.2. The van der Waals surface area contributed by atoms with E-state index in [1.54, 1.807) is 31.6 Å². The highest BCUT2D eigenvalue weighted by Gasteiger charge is 2.28. The number of fused-ring (bicyclic) bond motifs is 1. The van der Waals surface area contributed by atoms with Gasteiger partial charge < -0.3 is 18.8 Å². The van der Waals surface area contributed by atoms with Gasteiger partial charge in [-0.2, -0.15) is 0 Å². The molecule has 1 aromatic carbocycles. The number of phenolic OH excluding ortho intramolecular Hbond substituents is 1. The minimum atomic E-state index is -1.25. The number of carbonyl (C=O) groups is 1. The molecule has 0 amide bonds. The third-order valence-electron chi connectivity index (χ3n) is 6.09. The average molecular weight is 459 g/mol.